The first-order valence-corrected chi connectivity index (χ1v) is 9.44. The van der Waals surface area contributed by atoms with Crippen LogP contribution in [0.1, 0.15) is 16.7 Å². The van der Waals surface area contributed by atoms with Gasteiger partial charge in [-0.05, 0) is 42.3 Å². The standard InChI is InChI=1S/C21H19NO2S/c1-17-7-9-18(10-8-17)11-12-19-13-15-20(16-14-19)22-25(23,24)21-5-3-2-4-6-21/h2-16,22H,1H3. The molecule has 0 unspecified atom stereocenters. The van der Waals surface area contributed by atoms with Gasteiger partial charge < -0.3 is 0 Å². The molecule has 0 heterocycles. The zero-order valence-corrected chi connectivity index (χ0v) is 14.7. The van der Waals surface area contributed by atoms with Crippen LogP contribution in [0.3, 0.4) is 0 Å². The van der Waals surface area contributed by atoms with E-state index in [1.54, 1.807) is 42.5 Å². The molecule has 0 spiro atoms. The van der Waals surface area contributed by atoms with E-state index in [4.69, 9.17) is 0 Å². The summed E-state index contributed by atoms with van der Waals surface area (Å²) in [4.78, 5) is 0.248. The van der Waals surface area contributed by atoms with Gasteiger partial charge in [-0.2, -0.15) is 0 Å². The van der Waals surface area contributed by atoms with Crippen LogP contribution < -0.4 is 4.72 Å². The molecule has 3 aromatic rings. The number of anilines is 1. The number of hydrogen-bond acceptors (Lipinski definition) is 2. The van der Waals surface area contributed by atoms with E-state index in [0.717, 1.165) is 11.1 Å². The quantitative estimate of drug-likeness (QED) is 0.661. The summed E-state index contributed by atoms with van der Waals surface area (Å²) >= 11 is 0. The highest BCUT2D eigenvalue weighted by Crippen LogP contribution is 2.17. The number of sulfonamides is 1. The van der Waals surface area contributed by atoms with Crippen molar-refractivity contribution >= 4 is 27.9 Å². The van der Waals surface area contributed by atoms with Crippen LogP contribution in [0.25, 0.3) is 12.2 Å². The van der Waals surface area contributed by atoms with Gasteiger partial charge in [-0.15, -0.1) is 0 Å². The van der Waals surface area contributed by atoms with Crippen molar-refractivity contribution in [3.8, 4) is 0 Å². The molecule has 0 saturated heterocycles. The largest absolute Gasteiger partial charge is 0.280 e. The highest BCUT2D eigenvalue weighted by molar-refractivity contribution is 7.92. The highest BCUT2D eigenvalue weighted by Gasteiger charge is 2.12. The fourth-order valence-electron chi connectivity index (χ4n) is 2.35. The van der Waals surface area contributed by atoms with Crippen molar-refractivity contribution in [1.29, 1.82) is 0 Å². The van der Waals surface area contributed by atoms with Crippen LogP contribution >= 0.6 is 0 Å². The third kappa shape index (κ3) is 4.58. The summed E-state index contributed by atoms with van der Waals surface area (Å²) < 4.78 is 27.2. The molecule has 3 nitrogen and oxygen atoms in total. The molecule has 0 aliphatic heterocycles. The lowest BCUT2D eigenvalue weighted by atomic mass is 10.1. The van der Waals surface area contributed by atoms with Gasteiger partial charge in [-0.25, -0.2) is 8.42 Å². The Hall–Kier alpha value is -2.85. The molecule has 0 bridgehead atoms. The van der Waals surface area contributed by atoms with Crippen LogP contribution in [0.15, 0.2) is 83.8 Å². The van der Waals surface area contributed by atoms with Crippen LogP contribution in [0.2, 0.25) is 0 Å². The molecule has 0 radical (unpaired) electrons. The maximum absolute atomic E-state index is 12.3. The van der Waals surface area contributed by atoms with E-state index in [2.05, 4.69) is 35.9 Å². The Morgan fingerprint density at radius 1 is 0.720 bits per heavy atom. The van der Waals surface area contributed by atoms with Crippen molar-refractivity contribution in [1.82, 2.24) is 0 Å². The Morgan fingerprint density at radius 3 is 1.80 bits per heavy atom. The van der Waals surface area contributed by atoms with Gasteiger partial charge in [-0.3, -0.25) is 4.72 Å². The molecular formula is C21H19NO2S. The minimum Gasteiger partial charge on any atom is -0.280 e. The Bertz CT molecular complexity index is 959. The topological polar surface area (TPSA) is 46.2 Å². The van der Waals surface area contributed by atoms with E-state index in [1.165, 1.54) is 5.56 Å². The number of nitrogens with one attached hydrogen (secondary N) is 1. The predicted molar refractivity (Wildman–Crippen MR) is 104 cm³/mol. The second-order valence-corrected chi connectivity index (χ2v) is 7.47. The summed E-state index contributed by atoms with van der Waals surface area (Å²) in [5.41, 5.74) is 3.89. The van der Waals surface area contributed by atoms with Crippen molar-refractivity contribution in [2.75, 3.05) is 4.72 Å². The Labute approximate surface area is 148 Å². The second kappa shape index (κ2) is 7.36. The van der Waals surface area contributed by atoms with Crippen molar-refractivity contribution in [2.45, 2.75) is 11.8 Å². The molecule has 0 fully saturated rings. The normalized spacial score (nSPS) is 11.6. The number of hydrogen-bond donors (Lipinski definition) is 1. The SMILES string of the molecule is Cc1ccc(C=Cc2ccc(NS(=O)(=O)c3ccccc3)cc2)cc1. The van der Waals surface area contributed by atoms with Crippen LogP contribution in [0.5, 0.6) is 0 Å². The van der Waals surface area contributed by atoms with Gasteiger partial charge in [0.2, 0.25) is 0 Å². The monoisotopic (exact) mass is 349 g/mol. The van der Waals surface area contributed by atoms with Crippen LogP contribution in [0.4, 0.5) is 5.69 Å². The third-order valence-electron chi connectivity index (χ3n) is 3.76. The molecule has 0 amide bonds. The predicted octanol–water partition coefficient (Wildman–Crippen LogP) is 4.97. The summed E-state index contributed by atoms with van der Waals surface area (Å²) in [5.74, 6) is 0. The maximum atomic E-state index is 12.3. The first kappa shape index (κ1) is 17.0. The van der Waals surface area contributed by atoms with Gasteiger partial charge in [0.15, 0.2) is 0 Å². The average Bonchev–Trinajstić information content (AvgIpc) is 2.63. The molecule has 0 saturated carbocycles. The van der Waals surface area contributed by atoms with E-state index < -0.39 is 10.0 Å². The molecule has 0 aromatic heterocycles. The fraction of sp³-hybridized carbons (Fsp3) is 0.0476. The van der Waals surface area contributed by atoms with Crippen LogP contribution in [-0.4, -0.2) is 8.42 Å². The number of benzene rings is 3. The first-order chi connectivity index (χ1) is 12.0. The minimum absolute atomic E-state index is 0.248. The van der Waals surface area contributed by atoms with Gasteiger partial charge in [-0.1, -0.05) is 72.3 Å². The molecule has 0 atom stereocenters. The molecule has 1 N–H and O–H groups in total. The molecular weight excluding hydrogens is 330 g/mol. The molecule has 4 heteroatoms. The Morgan fingerprint density at radius 2 is 1.24 bits per heavy atom. The third-order valence-corrected chi connectivity index (χ3v) is 5.16. The number of aryl methyl sites for hydroxylation is 1. The van der Waals surface area contributed by atoms with Gasteiger partial charge in [0.05, 0.1) is 4.90 Å². The lowest BCUT2D eigenvalue weighted by Gasteiger charge is -2.08. The highest BCUT2D eigenvalue weighted by atomic mass is 32.2. The van der Waals surface area contributed by atoms with E-state index in [1.807, 2.05) is 24.3 Å². The van der Waals surface area contributed by atoms with Gasteiger partial charge in [0.25, 0.3) is 10.0 Å². The van der Waals surface area contributed by atoms with Crippen molar-refractivity contribution in [2.24, 2.45) is 0 Å². The molecule has 3 aromatic carbocycles. The van der Waals surface area contributed by atoms with Crippen molar-refractivity contribution in [3.05, 3.63) is 95.6 Å². The zero-order chi connectivity index (χ0) is 17.7. The van der Waals surface area contributed by atoms with Gasteiger partial charge in [0.1, 0.15) is 0 Å². The lowest BCUT2D eigenvalue weighted by Crippen LogP contribution is -2.12. The summed E-state index contributed by atoms with van der Waals surface area (Å²) in [6, 6.07) is 23.9. The van der Waals surface area contributed by atoms with Crippen LogP contribution in [0, 0.1) is 6.92 Å². The molecule has 25 heavy (non-hydrogen) atoms. The van der Waals surface area contributed by atoms with Crippen molar-refractivity contribution < 1.29 is 8.42 Å². The fourth-order valence-corrected chi connectivity index (χ4v) is 3.43. The second-order valence-electron chi connectivity index (χ2n) is 5.78. The average molecular weight is 349 g/mol. The molecule has 0 aliphatic carbocycles. The maximum Gasteiger partial charge on any atom is 0.261 e. The lowest BCUT2D eigenvalue weighted by molar-refractivity contribution is 0.601. The summed E-state index contributed by atoms with van der Waals surface area (Å²) in [6.07, 6.45) is 4.03. The van der Waals surface area contributed by atoms with E-state index in [0.29, 0.717) is 5.69 Å². The van der Waals surface area contributed by atoms with E-state index in [-0.39, 0.29) is 4.90 Å². The zero-order valence-electron chi connectivity index (χ0n) is 13.9. The van der Waals surface area contributed by atoms with Crippen molar-refractivity contribution in [3.63, 3.8) is 0 Å². The smallest absolute Gasteiger partial charge is 0.261 e. The Kier molecular flexibility index (Phi) is 5.00. The minimum atomic E-state index is -3.55. The van der Waals surface area contributed by atoms with Gasteiger partial charge >= 0.3 is 0 Å². The summed E-state index contributed by atoms with van der Waals surface area (Å²) in [5, 5.41) is 0. The van der Waals surface area contributed by atoms with Gasteiger partial charge in [0, 0.05) is 5.69 Å². The summed E-state index contributed by atoms with van der Waals surface area (Å²) in [7, 11) is -3.55. The van der Waals surface area contributed by atoms with E-state index >= 15 is 0 Å². The number of rotatable bonds is 5. The molecule has 3 rings (SSSR count). The Balaban J connectivity index is 1.71. The summed E-state index contributed by atoms with van der Waals surface area (Å²) in [6.45, 7) is 2.06. The van der Waals surface area contributed by atoms with Crippen LogP contribution in [-0.2, 0) is 10.0 Å². The molecule has 126 valence electrons. The molecule has 0 aliphatic rings. The first-order valence-electron chi connectivity index (χ1n) is 7.96. The van der Waals surface area contributed by atoms with E-state index in [9.17, 15) is 8.42 Å².